The molecule has 1 aliphatic heterocycles. The number of benzene rings is 2. The molecule has 1 fully saturated rings. The summed E-state index contributed by atoms with van der Waals surface area (Å²) in [6, 6.07) is 7.89. The molecule has 2 aliphatic rings. The number of methoxy groups -OCH3 is 1. The lowest BCUT2D eigenvalue weighted by molar-refractivity contribution is -0.137. The maximum atomic E-state index is 14.2. The van der Waals surface area contributed by atoms with Crippen molar-refractivity contribution in [3.63, 3.8) is 0 Å². The Hall–Kier alpha value is -4.20. The van der Waals surface area contributed by atoms with Crippen molar-refractivity contribution in [2.24, 2.45) is 11.7 Å². The van der Waals surface area contributed by atoms with Crippen LogP contribution in [0.1, 0.15) is 90.9 Å². The Morgan fingerprint density at radius 2 is 1.73 bits per heavy atom. The second-order valence-electron chi connectivity index (χ2n) is 12.6. The normalized spacial score (nSPS) is 18.3. The fraction of sp³-hybridized carbons (Fsp3) is 0.455. The summed E-state index contributed by atoms with van der Waals surface area (Å²) in [6.45, 7) is 3.64. The number of carbonyl (C=O) groups excluding carboxylic acids is 2. The first-order valence-electron chi connectivity index (χ1n) is 16.0. The number of halogens is 3. The van der Waals surface area contributed by atoms with E-state index in [4.69, 9.17) is 10.5 Å². The van der Waals surface area contributed by atoms with Crippen LogP contribution in [0.25, 0.3) is 0 Å². The topological polar surface area (TPSA) is 180 Å². The minimum atomic E-state index is -4.84. The largest absolute Gasteiger partial charge is 0.495 e. The molecule has 3 aromatic rings. The number of carbonyl (C=O) groups is 2. The van der Waals surface area contributed by atoms with Gasteiger partial charge in [-0.25, -0.2) is 4.98 Å². The number of amides is 2. The van der Waals surface area contributed by atoms with Crippen molar-refractivity contribution < 1.29 is 41.8 Å². The Kier molecular flexibility index (Phi) is 10.0. The number of nitrogens with two attached hydrogens (primary N) is 1. The van der Waals surface area contributed by atoms with Gasteiger partial charge >= 0.3 is 13.8 Å². The Bertz CT molecular complexity index is 1800. The van der Waals surface area contributed by atoms with Gasteiger partial charge in [0.25, 0.3) is 5.91 Å². The van der Waals surface area contributed by atoms with Crippen LogP contribution in [0.4, 0.5) is 36.3 Å². The van der Waals surface area contributed by atoms with Gasteiger partial charge in [0.2, 0.25) is 11.9 Å². The lowest BCUT2D eigenvalue weighted by Crippen LogP contribution is -2.27. The number of rotatable bonds is 11. The number of aromatic nitrogens is 2. The van der Waals surface area contributed by atoms with Gasteiger partial charge in [-0.15, -0.1) is 0 Å². The number of alkyl halides is 3. The van der Waals surface area contributed by atoms with Crippen LogP contribution in [0.5, 0.6) is 5.75 Å². The van der Waals surface area contributed by atoms with E-state index in [1.807, 2.05) is 6.07 Å². The van der Waals surface area contributed by atoms with E-state index in [0.29, 0.717) is 37.4 Å². The Morgan fingerprint density at radius 1 is 1.08 bits per heavy atom. The Labute approximate surface area is 281 Å². The number of nitrogens with zero attached hydrogens (tertiary/aromatic N) is 3. The molecule has 1 aromatic heterocycles. The van der Waals surface area contributed by atoms with E-state index < -0.39 is 30.3 Å². The van der Waals surface area contributed by atoms with Crippen molar-refractivity contribution in [3.8, 4) is 5.75 Å². The molecule has 1 aliphatic carbocycles. The molecule has 49 heavy (non-hydrogen) atoms. The predicted molar refractivity (Wildman–Crippen MR) is 177 cm³/mol. The number of primary amides is 1. The second-order valence-corrected chi connectivity index (χ2v) is 14.5. The van der Waals surface area contributed by atoms with Gasteiger partial charge in [-0.2, -0.15) is 18.2 Å². The molecule has 6 N–H and O–H groups in total. The fourth-order valence-corrected chi connectivity index (χ4v) is 8.37. The van der Waals surface area contributed by atoms with E-state index in [9.17, 15) is 37.1 Å². The standard InChI is InChI=1S/C33H40F3N6O6P/c1-5-32(6-2,49(45,46)47)20-11-13-24(26(15-20)48-4)40-31-38-16-23(33(34,35)36)29(41-31)39-25-14-12-21(22-17-42(3)30(44)27(22)25)18-7-9-19(10-8-18)28(37)43/h11-16,18-19H,5-10,17H2,1-4H3,(H2,37,43)(H2,45,46,47)(H2,38,39,40,41)/t18-,19+. The second kappa shape index (κ2) is 13.6. The average molecular weight is 705 g/mol. The highest BCUT2D eigenvalue weighted by molar-refractivity contribution is 7.53. The highest BCUT2D eigenvalue weighted by Crippen LogP contribution is 2.61. The quantitative estimate of drug-likeness (QED) is 0.138. The summed E-state index contributed by atoms with van der Waals surface area (Å²) in [5.74, 6) is -1.45. The summed E-state index contributed by atoms with van der Waals surface area (Å²) >= 11 is 0. The van der Waals surface area contributed by atoms with E-state index >= 15 is 0 Å². The van der Waals surface area contributed by atoms with E-state index in [2.05, 4.69) is 20.6 Å². The minimum absolute atomic E-state index is 0.0705. The summed E-state index contributed by atoms with van der Waals surface area (Å²) < 4.78 is 60.7. The van der Waals surface area contributed by atoms with Crippen molar-refractivity contribution in [2.75, 3.05) is 24.8 Å². The third kappa shape index (κ3) is 6.84. The molecule has 0 bridgehead atoms. The Balaban J connectivity index is 1.50. The van der Waals surface area contributed by atoms with E-state index in [1.54, 1.807) is 27.0 Å². The third-order valence-corrected chi connectivity index (χ3v) is 11.9. The van der Waals surface area contributed by atoms with Gasteiger partial charge in [-0.05, 0) is 79.3 Å². The molecule has 12 nitrogen and oxygen atoms in total. The van der Waals surface area contributed by atoms with Crippen LogP contribution in [0.2, 0.25) is 0 Å². The van der Waals surface area contributed by atoms with Gasteiger partial charge in [0.05, 0.1) is 29.2 Å². The lowest BCUT2D eigenvalue weighted by Gasteiger charge is -2.33. The van der Waals surface area contributed by atoms with Gasteiger partial charge in [-0.3, -0.25) is 14.2 Å². The zero-order valence-corrected chi connectivity index (χ0v) is 28.5. The van der Waals surface area contributed by atoms with Crippen LogP contribution >= 0.6 is 7.60 Å². The van der Waals surface area contributed by atoms with Gasteiger partial charge in [0.15, 0.2) is 0 Å². The van der Waals surface area contributed by atoms with E-state index in [1.165, 1.54) is 30.2 Å². The number of nitrogens with one attached hydrogen (secondary N) is 2. The van der Waals surface area contributed by atoms with Crippen LogP contribution in [-0.4, -0.2) is 50.6 Å². The zero-order valence-electron chi connectivity index (χ0n) is 27.6. The minimum Gasteiger partial charge on any atom is -0.495 e. The zero-order chi connectivity index (χ0) is 35.9. The number of hydrogen-bond acceptors (Lipinski definition) is 8. The number of ether oxygens (including phenoxy) is 1. The SMILES string of the molecule is CCC(CC)(c1ccc(Nc2ncc(C(F)(F)F)c(Nc3ccc([C@H]4CC[C@@H](C(N)=O)CC4)c4c3C(=O)N(C)C4)n2)c(OC)c1)P(=O)(O)O. The van der Waals surface area contributed by atoms with Gasteiger partial charge < -0.3 is 35.8 Å². The van der Waals surface area contributed by atoms with E-state index in [-0.39, 0.29) is 71.7 Å². The van der Waals surface area contributed by atoms with Crippen molar-refractivity contribution in [1.82, 2.24) is 14.9 Å². The van der Waals surface area contributed by atoms with Crippen molar-refractivity contribution in [2.45, 2.75) is 76.2 Å². The summed E-state index contributed by atoms with van der Waals surface area (Å²) in [7, 11) is -1.62. The maximum absolute atomic E-state index is 14.2. The summed E-state index contributed by atoms with van der Waals surface area (Å²) in [6.07, 6.45) is -1.25. The summed E-state index contributed by atoms with van der Waals surface area (Å²) in [4.78, 5) is 54.9. The molecular formula is C33H40F3N6O6P. The lowest BCUT2D eigenvalue weighted by atomic mass is 9.76. The van der Waals surface area contributed by atoms with Gasteiger partial charge in [0, 0.05) is 25.7 Å². The fourth-order valence-electron chi connectivity index (χ4n) is 7.07. The summed E-state index contributed by atoms with van der Waals surface area (Å²) in [5.41, 5.74) is 7.00. The number of fused-ring (bicyclic) bond motifs is 1. The highest BCUT2D eigenvalue weighted by Gasteiger charge is 2.46. The first-order valence-corrected chi connectivity index (χ1v) is 17.6. The first kappa shape index (κ1) is 36.1. The van der Waals surface area contributed by atoms with E-state index in [0.717, 1.165) is 11.1 Å². The summed E-state index contributed by atoms with van der Waals surface area (Å²) in [5, 5.41) is 4.16. The molecule has 0 radical (unpaired) electrons. The van der Waals surface area contributed by atoms with Crippen LogP contribution < -0.4 is 21.1 Å². The molecule has 2 heterocycles. The molecule has 0 unspecified atom stereocenters. The van der Waals surface area contributed by atoms with Crippen molar-refractivity contribution in [3.05, 3.63) is 64.3 Å². The molecule has 5 rings (SSSR count). The maximum Gasteiger partial charge on any atom is 0.421 e. The van der Waals surface area contributed by atoms with Gasteiger partial charge in [-0.1, -0.05) is 26.0 Å². The molecule has 264 valence electrons. The average Bonchev–Trinajstić information content (AvgIpc) is 3.35. The van der Waals surface area contributed by atoms with Crippen LogP contribution in [0.15, 0.2) is 36.5 Å². The molecule has 1 saturated carbocycles. The molecular weight excluding hydrogens is 664 g/mol. The van der Waals surface area contributed by atoms with Crippen molar-refractivity contribution >= 4 is 42.6 Å². The molecule has 0 saturated heterocycles. The molecule has 16 heteroatoms. The smallest absolute Gasteiger partial charge is 0.421 e. The first-order chi connectivity index (χ1) is 23.0. The molecule has 0 spiro atoms. The Morgan fingerprint density at radius 3 is 2.31 bits per heavy atom. The number of anilines is 4. The molecule has 2 amide bonds. The number of hydrogen-bond donors (Lipinski definition) is 5. The molecule has 0 atom stereocenters. The van der Waals surface area contributed by atoms with Crippen LogP contribution in [0, 0.1) is 5.92 Å². The highest BCUT2D eigenvalue weighted by atomic mass is 31.2. The van der Waals surface area contributed by atoms with Crippen molar-refractivity contribution in [1.29, 1.82) is 0 Å². The van der Waals surface area contributed by atoms with Crippen LogP contribution in [0.3, 0.4) is 0 Å². The monoisotopic (exact) mass is 704 g/mol. The third-order valence-electron chi connectivity index (χ3n) is 9.93. The van der Waals surface area contributed by atoms with Gasteiger partial charge in [0.1, 0.15) is 17.1 Å². The molecule has 2 aromatic carbocycles. The van der Waals surface area contributed by atoms with Crippen LogP contribution in [-0.2, 0) is 27.2 Å². The predicted octanol–water partition coefficient (Wildman–Crippen LogP) is 6.53.